The van der Waals surface area contributed by atoms with E-state index in [-0.39, 0.29) is 78.3 Å². The summed E-state index contributed by atoms with van der Waals surface area (Å²) >= 11 is 0. The van der Waals surface area contributed by atoms with E-state index in [1.165, 1.54) is 19.8 Å². The standard InChI is InChI=1S/C10H15O3.C10H16O3.C10H14O3.2C8H14O2.C7H10O2.C3H6/c1-7(11)13-10-4-2-3-9-8(10)5-6-12-9;2*1-2-12-10-6-7-8(11)4-3-5-9(7)13-10;2*9-7-2-1-3-8-6(7)4-5-10-8;1-5-6(8)3-2-4-7(5)9;1-3-2/h3,8-10H,2,4-6H2,1H3;7,9-10H,2-6H2,1H3;10H,2-6H2,1H3;2*6-9H,1-5H2;5H,2-4H2,1H3;3H,1H2,2H3/q+1;;;;;;/t8-,9-,10+;7?,9-,10?;;6?,7-,8+;6-,7-,8+;;/m01.00../s1. The average Bonchev–Trinajstić information content (AvgIpc) is 4.21. The summed E-state index contributed by atoms with van der Waals surface area (Å²) in [5, 5.41) is 19.0. The first-order valence-electron chi connectivity index (χ1n) is 27.4. The van der Waals surface area contributed by atoms with Gasteiger partial charge < -0.3 is 48.1 Å². The van der Waals surface area contributed by atoms with Gasteiger partial charge in [-0.25, -0.2) is 0 Å². The van der Waals surface area contributed by atoms with Crippen LogP contribution in [-0.2, 0) is 61.9 Å². The number of carbonyl (C=O) groups excluding carboxylic acids is 5. The van der Waals surface area contributed by atoms with Crippen LogP contribution in [0.1, 0.15) is 176 Å². The molecule has 2 N–H and O–H groups in total. The lowest BCUT2D eigenvalue weighted by Gasteiger charge is -2.28. The molecular weight excluding hydrogens is 913 g/mol. The Hall–Kier alpha value is -3.02. The van der Waals surface area contributed by atoms with Crippen molar-refractivity contribution in [1.29, 1.82) is 0 Å². The summed E-state index contributed by atoms with van der Waals surface area (Å²) in [7, 11) is 0. The Bertz CT molecular complexity index is 1660. The Morgan fingerprint density at radius 1 is 0.690 bits per heavy atom. The molecule has 11 rings (SSSR count). The second kappa shape index (κ2) is 31.0. The van der Waals surface area contributed by atoms with Gasteiger partial charge in [0.15, 0.2) is 12.1 Å². The molecule has 15 heteroatoms. The quantitative estimate of drug-likeness (QED) is 0.115. The number of esters is 1. The lowest BCUT2D eigenvalue weighted by Crippen LogP contribution is -2.36. The van der Waals surface area contributed by atoms with Crippen LogP contribution >= 0.6 is 0 Å². The maximum Gasteiger partial charge on any atom is 0.302 e. The summed E-state index contributed by atoms with van der Waals surface area (Å²) in [5.41, 5.74) is 0.879. The molecule has 5 saturated carbocycles. The van der Waals surface area contributed by atoms with Crippen LogP contribution in [0.4, 0.5) is 0 Å². The van der Waals surface area contributed by atoms with Gasteiger partial charge in [-0.2, -0.15) is 0 Å². The predicted octanol–water partition coefficient (Wildman–Crippen LogP) is 8.61. The highest BCUT2D eigenvalue weighted by Gasteiger charge is 2.46. The zero-order chi connectivity index (χ0) is 51.3. The van der Waals surface area contributed by atoms with Crippen molar-refractivity contribution in [2.75, 3.05) is 33.0 Å². The Labute approximate surface area is 424 Å². The first-order valence-corrected chi connectivity index (χ1v) is 27.4. The van der Waals surface area contributed by atoms with Crippen molar-refractivity contribution >= 4 is 29.1 Å². The molecule has 71 heavy (non-hydrogen) atoms. The number of ketones is 4. The van der Waals surface area contributed by atoms with Crippen LogP contribution in [0.2, 0.25) is 0 Å². The number of hydrogen-bond acceptors (Lipinski definition) is 15. The maximum absolute atomic E-state index is 11.5. The first-order chi connectivity index (χ1) is 34.3. The molecule has 0 bridgehead atoms. The van der Waals surface area contributed by atoms with Crippen molar-refractivity contribution in [2.45, 2.75) is 231 Å². The number of fused-ring (bicyclic) bond motifs is 4. The molecule has 9 fully saturated rings. The number of aliphatic hydroxyl groups excluding tert-OH is 2. The van der Waals surface area contributed by atoms with Crippen molar-refractivity contribution in [2.24, 2.45) is 29.6 Å². The lowest BCUT2D eigenvalue weighted by atomic mass is 9.83. The largest absolute Gasteiger partial charge is 0.469 e. The van der Waals surface area contributed by atoms with E-state index in [0.29, 0.717) is 74.6 Å². The van der Waals surface area contributed by atoms with Gasteiger partial charge in [0, 0.05) is 108 Å². The second-order valence-electron chi connectivity index (χ2n) is 20.5. The van der Waals surface area contributed by atoms with Crippen LogP contribution in [-0.4, -0.2) is 128 Å². The molecule has 0 amide bonds. The summed E-state index contributed by atoms with van der Waals surface area (Å²) in [6, 6.07) is 0. The molecule has 0 aromatic rings. The fourth-order valence-corrected chi connectivity index (χ4v) is 11.7. The highest BCUT2D eigenvalue weighted by molar-refractivity contribution is 6.03. The van der Waals surface area contributed by atoms with Gasteiger partial charge in [0.2, 0.25) is 12.4 Å². The third-order valence-electron chi connectivity index (χ3n) is 15.5. The molecule has 5 aliphatic heterocycles. The van der Waals surface area contributed by atoms with Gasteiger partial charge >= 0.3 is 5.97 Å². The Morgan fingerprint density at radius 3 is 1.79 bits per heavy atom. The van der Waals surface area contributed by atoms with E-state index >= 15 is 0 Å². The van der Waals surface area contributed by atoms with Crippen molar-refractivity contribution in [3.05, 3.63) is 30.4 Å². The molecule has 15 nitrogen and oxygen atoms in total. The number of allylic oxidation sites excluding steroid dienone is 2. The fourth-order valence-electron chi connectivity index (χ4n) is 11.7. The van der Waals surface area contributed by atoms with Crippen LogP contribution in [0, 0.1) is 36.0 Å². The smallest absolute Gasteiger partial charge is 0.302 e. The molecule has 11 aliphatic rings. The summed E-state index contributed by atoms with van der Waals surface area (Å²) in [4.78, 5) is 55.3. The Balaban J connectivity index is 0.000000157. The monoisotopic (exact) mass is 1000 g/mol. The van der Waals surface area contributed by atoms with Gasteiger partial charge in [-0.3, -0.25) is 24.0 Å². The van der Waals surface area contributed by atoms with E-state index in [4.69, 9.17) is 37.9 Å². The molecule has 0 spiro atoms. The zero-order valence-electron chi connectivity index (χ0n) is 43.7. The Kier molecular flexibility index (Phi) is 25.7. The first kappa shape index (κ1) is 58.9. The van der Waals surface area contributed by atoms with E-state index in [1.54, 1.807) is 13.0 Å². The summed E-state index contributed by atoms with van der Waals surface area (Å²) in [6.07, 6.45) is 25.2. The van der Waals surface area contributed by atoms with E-state index < -0.39 is 0 Å². The van der Waals surface area contributed by atoms with Gasteiger partial charge in [-0.15, -0.1) is 6.58 Å². The highest BCUT2D eigenvalue weighted by atomic mass is 16.7. The molecule has 0 radical (unpaired) electrons. The number of hydrogen-bond donors (Lipinski definition) is 2. The zero-order valence-corrected chi connectivity index (χ0v) is 43.7. The third-order valence-corrected chi connectivity index (χ3v) is 15.5. The molecule has 5 heterocycles. The normalized spacial score (nSPS) is 35.5. The minimum Gasteiger partial charge on any atom is -0.469 e. The van der Waals surface area contributed by atoms with E-state index in [0.717, 1.165) is 134 Å². The van der Waals surface area contributed by atoms with Crippen LogP contribution in [0.5, 0.6) is 0 Å². The lowest BCUT2D eigenvalue weighted by molar-refractivity contribution is -0.151. The number of carbonyl (C=O) groups is 5. The average molecular weight is 1000 g/mol. The molecule has 0 aromatic heterocycles. The molecule has 4 unspecified atom stereocenters. The van der Waals surface area contributed by atoms with Crippen LogP contribution < -0.4 is 0 Å². The topological polar surface area (TPSA) is 200 Å². The summed E-state index contributed by atoms with van der Waals surface area (Å²) in [6.45, 7) is 16.2. The van der Waals surface area contributed by atoms with Gasteiger partial charge in [-0.1, -0.05) is 6.08 Å². The van der Waals surface area contributed by atoms with Crippen molar-refractivity contribution in [1.82, 2.24) is 0 Å². The maximum atomic E-state index is 11.5. The number of ether oxygens (including phenoxy) is 8. The van der Waals surface area contributed by atoms with Gasteiger partial charge in [0.1, 0.15) is 35.6 Å². The van der Waals surface area contributed by atoms with Crippen molar-refractivity contribution in [3.63, 3.8) is 0 Å². The number of Topliss-reactive ketones (excluding diaryl/α,β-unsaturated/α-hetero) is 4. The van der Waals surface area contributed by atoms with Crippen LogP contribution in [0.3, 0.4) is 0 Å². The number of aliphatic hydroxyl groups is 2. The summed E-state index contributed by atoms with van der Waals surface area (Å²) < 4.78 is 43.6. The molecular formula is C56H89O15+. The van der Waals surface area contributed by atoms with Gasteiger partial charge in [0.25, 0.3) is 0 Å². The summed E-state index contributed by atoms with van der Waals surface area (Å²) in [5.74, 6) is 2.75. The second-order valence-corrected chi connectivity index (χ2v) is 20.5. The SMILES string of the molecule is C=CC.CC(=O)O[C@@H]1CC[CH+][C@@H]2OCC[C@@H]21.CC1C(=O)CCCC1=O.CCOC1CC2=C(CCCC2=O)O1.CCOC1CC2C(=O)CCC[C@H]2O1.O[C@H]1CCC[C@H]2OCCC12.O[C@H]1CCC[C@H]2OCC[C@@H]12. The Morgan fingerprint density at radius 2 is 1.24 bits per heavy atom. The minimum absolute atomic E-state index is 0.0683. The van der Waals surface area contributed by atoms with Crippen LogP contribution in [0.15, 0.2) is 24.0 Å². The molecule has 13 atom stereocenters. The predicted molar refractivity (Wildman–Crippen MR) is 265 cm³/mol. The van der Waals surface area contributed by atoms with Crippen molar-refractivity contribution < 1.29 is 72.1 Å². The molecule has 6 aliphatic carbocycles. The van der Waals surface area contributed by atoms with Gasteiger partial charge in [-0.05, 0) is 111 Å². The van der Waals surface area contributed by atoms with Crippen LogP contribution in [0.25, 0.3) is 0 Å². The molecule has 4 saturated heterocycles. The molecule has 402 valence electrons. The third kappa shape index (κ3) is 18.1. The van der Waals surface area contributed by atoms with Crippen molar-refractivity contribution in [3.8, 4) is 0 Å². The van der Waals surface area contributed by atoms with E-state index in [2.05, 4.69) is 13.0 Å². The van der Waals surface area contributed by atoms with E-state index in [1.807, 2.05) is 20.8 Å². The van der Waals surface area contributed by atoms with Gasteiger partial charge in [0.05, 0.1) is 55.4 Å². The van der Waals surface area contributed by atoms with E-state index in [9.17, 15) is 34.2 Å². The molecule has 0 aromatic carbocycles. The highest BCUT2D eigenvalue weighted by Crippen LogP contribution is 2.38. The fraction of sp³-hybridized carbons (Fsp3) is 0.821. The number of rotatable bonds is 5. The minimum atomic E-state index is -0.307.